The first-order valence-electron chi connectivity index (χ1n) is 9.88. The molecule has 3 aromatic rings. The van der Waals surface area contributed by atoms with E-state index in [-0.39, 0.29) is 24.9 Å². The van der Waals surface area contributed by atoms with Crippen LogP contribution >= 0.6 is 0 Å². The van der Waals surface area contributed by atoms with Gasteiger partial charge >= 0.3 is 0 Å². The van der Waals surface area contributed by atoms with Crippen LogP contribution in [0.25, 0.3) is 5.82 Å². The van der Waals surface area contributed by atoms with Crippen LogP contribution in [0.4, 0.5) is 5.69 Å². The van der Waals surface area contributed by atoms with Gasteiger partial charge in [0.2, 0.25) is 11.8 Å². The highest BCUT2D eigenvalue weighted by molar-refractivity contribution is 5.95. The van der Waals surface area contributed by atoms with Crippen LogP contribution in [0.15, 0.2) is 59.7 Å². The average Bonchev–Trinajstić information content (AvgIpc) is 3.31. The minimum absolute atomic E-state index is 0.173. The molecule has 3 amide bonds. The number of nitrogens with one attached hydrogen (secondary N) is 3. The summed E-state index contributed by atoms with van der Waals surface area (Å²) >= 11 is 0. The van der Waals surface area contributed by atoms with Crippen LogP contribution in [0.2, 0.25) is 0 Å². The Bertz CT molecular complexity index is 1150. The van der Waals surface area contributed by atoms with Gasteiger partial charge in [-0.25, -0.2) is 9.36 Å². The number of carbonyl (C=O) groups is 3. The minimum Gasteiger partial charge on any atom is -0.352 e. The molecule has 0 fully saturated rings. The molecule has 2 aromatic heterocycles. The topological polar surface area (TPSA) is 140 Å². The number of carbonyl (C=O) groups excluding carboxylic acids is 3. The molecule has 0 aliphatic heterocycles. The zero-order valence-electron chi connectivity index (χ0n) is 17.6. The summed E-state index contributed by atoms with van der Waals surface area (Å²) in [6, 6.07) is 10.1. The number of anilines is 1. The first-order chi connectivity index (χ1) is 15.3. The largest absolute Gasteiger partial charge is 0.352 e. The maximum absolute atomic E-state index is 12.5. The Morgan fingerprint density at radius 2 is 1.75 bits per heavy atom. The molecule has 1 unspecified atom stereocenters. The molecule has 0 saturated carbocycles. The Kier molecular flexibility index (Phi) is 7.11. The Morgan fingerprint density at radius 3 is 2.41 bits per heavy atom. The molecule has 0 aliphatic rings. The lowest BCUT2D eigenvalue weighted by atomic mass is 10.2. The first-order valence-corrected chi connectivity index (χ1v) is 9.88. The lowest BCUT2D eigenvalue weighted by Gasteiger charge is -2.15. The SMILES string of the molecule is CC(=O)Nc1ccc(C(=O)NCCNC(=O)C(C)n2nc(-n3cccn3)ccc2=O)cc1. The third kappa shape index (κ3) is 5.65. The average molecular weight is 437 g/mol. The number of amides is 3. The van der Waals surface area contributed by atoms with E-state index in [1.54, 1.807) is 49.6 Å². The lowest BCUT2D eigenvalue weighted by Crippen LogP contribution is -2.40. The Balaban J connectivity index is 1.50. The molecule has 11 nitrogen and oxygen atoms in total. The normalized spacial score (nSPS) is 11.4. The lowest BCUT2D eigenvalue weighted by molar-refractivity contribution is -0.124. The summed E-state index contributed by atoms with van der Waals surface area (Å²) in [5, 5.41) is 16.3. The van der Waals surface area contributed by atoms with Gasteiger partial charge in [-0.2, -0.15) is 5.10 Å². The molecule has 0 spiro atoms. The van der Waals surface area contributed by atoms with Gasteiger partial charge in [-0.15, -0.1) is 5.10 Å². The fraction of sp³-hybridized carbons (Fsp3) is 0.238. The van der Waals surface area contributed by atoms with Gasteiger partial charge in [0.05, 0.1) is 0 Å². The van der Waals surface area contributed by atoms with Crippen molar-refractivity contribution in [2.45, 2.75) is 19.9 Å². The van der Waals surface area contributed by atoms with Crippen LogP contribution in [0.5, 0.6) is 0 Å². The molecule has 11 heteroatoms. The predicted octanol–water partition coefficient (Wildman–Crippen LogP) is 0.495. The van der Waals surface area contributed by atoms with Crippen molar-refractivity contribution in [3.05, 3.63) is 70.8 Å². The molecule has 0 saturated heterocycles. The summed E-state index contributed by atoms with van der Waals surface area (Å²) in [7, 11) is 0. The number of nitrogens with zero attached hydrogens (tertiary/aromatic N) is 4. The summed E-state index contributed by atoms with van der Waals surface area (Å²) < 4.78 is 2.57. The summed E-state index contributed by atoms with van der Waals surface area (Å²) in [4.78, 5) is 47.8. The Morgan fingerprint density at radius 1 is 1.03 bits per heavy atom. The van der Waals surface area contributed by atoms with Crippen molar-refractivity contribution in [1.82, 2.24) is 30.2 Å². The number of aromatic nitrogens is 4. The van der Waals surface area contributed by atoms with E-state index in [1.807, 2.05) is 0 Å². The van der Waals surface area contributed by atoms with Crippen molar-refractivity contribution in [3.8, 4) is 5.82 Å². The Labute approximate surface area is 183 Å². The standard InChI is InChI=1S/C21H23N7O4/c1-14(28-19(30)9-8-18(26-28)27-13-3-10-24-27)20(31)22-11-12-23-21(32)16-4-6-17(7-5-16)25-15(2)29/h3-10,13-14H,11-12H2,1-2H3,(H,22,31)(H,23,32)(H,25,29). The van der Waals surface area contributed by atoms with Crippen molar-refractivity contribution < 1.29 is 14.4 Å². The van der Waals surface area contributed by atoms with Crippen LogP contribution in [-0.2, 0) is 9.59 Å². The van der Waals surface area contributed by atoms with E-state index in [9.17, 15) is 19.2 Å². The van der Waals surface area contributed by atoms with Gasteiger partial charge in [-0.1, -0.05) is 0 Å². The van der Waals surface area contributed by atoms with Crippen molar-refractivity contribution in [1.29, 1.82) is 0 Å². The molecule has 32 heavy (non-hydrogen) atoms. The maximum Gasteiger partial charge on any atom is 0.267 e. The molecule has 2 heterocycles. The molecular formula is C21H23N7O4. The van der Waals surface area contributed by atoms with Gasteiger partial charge < -0.3 is 16.0 Å². The molecule has 0 aliphatic carbocycles. The highest BCUT2D eigenvalue weighted by Crippen LogP contribution is 2.09. The third-order valence-corrected chi connectivity index (χ3v) is 4.47. The first kappa shape index (κ1) is 22.4. The van der Waals surface area contributed by atoms with E-state index in [0.29, 0.717) is 17.1 Å². The minimum atomic E-state index is -0.852. The number of hydrogen-bond acceptors (Lipinski definition) is 6. The second-order valence-corrected chi connectivity index (χ2v) is 6.91. The molecule has 1 atom stereocenters. The fourth-order valence-corrected chi connectivity index (χ4v) is 2.85. The molecule has 0 bridgehead atoms. The zero-order valence-corrected chi connectivity index (χ0v) is 17.6. The molecule has 166 valence electrons. The molecular weight excluding hydrogens is 414 g/mol. The third-order valence-electron chi connectivity index (χ3n) is 4.47. The summed E-state index contributed by atoms with van der Waals surface area (Å²) in [5.41, 5.74) is 0.598. The van der Waals surface area contributed by atoms with Gasteiger partial charge in [0.25, 0.3) is 11.5 Å². The predicted molar refractivity (Wildman–Crippen MR) is 116 cm³/mol. The second-order valence-electron chi connectivity index (χ2n) is 6.91. The number of benzene rings is 1. The monoisotopic (exact) mass is 437 g/mol. The highest BCUT2D eigenvalue weighted by atomic mass is 16.2. The second kappa shape index (κ2) is 10.2. The van der Waals surface area contributed by atoms with Crippen LogP contribution < -0.4 is 21.5 Å². The quantitative estimate of drug-likeness (QED) is 0.438. The van der Waals surface area contributed by atoms with Crippen molar-refractivity contribution >= 4 is 23.4 Å². The number of rotatable bonds is 8. The smallest absolute Gasteiger partial charge is 0.267 e. The van der Waals surface area contributed by atoms with Crippen LogP contribution in [0.3, 0.4) is 0 Å². The maximum atomic E-state index is 12.5. The van der Waals surface area contributed by atoms with Crippen molar-refractivity contribution in [2.75, 3.05) is 18.4 Å². The number of hydrogen-bond donors (Lipinski definition) is 3. The fourth-order valence-electron chi connectivity index (χ4n) is 2.85. The Hall–Kier alpha value is -4.28. The van der Waals surface area contributed by atoms with Crippen LogP contribution in [0, 0.1) is 0 Å². The summed E-state index contributed by atoms with van der Waals surface area (Å²) in [6.45, 7) is 3.33. The molecule has 1 aromatic carbocycles. The van der Waals surface area contributed by atoms with Gasteiger partial charge in [0.15, 0.2) is 5.82 Å². The molecule has 0 radical (unpaired) electrons. The summed E-state index contributed by atoms with van der Waals surface area (Å²) in [5.74, 6) is -0.513. The molecule has 3 rings (SSSR count). The van der Waals surface area contributed by atoms with Gasteiger partial charge in [-0.3, -0.25) is 19.2 Å². The van der Waals surface area contributed by atoms with Crippen LogP contribution in [-0.4, -0.2) is 50.4 Å². The van der Waals surface area contributed by atoms with Crippen LogP contribution in [0.1, 0.15) is 30.2 Å². The molecule has 3 N–H and O–H groups in total. The summed E-state index contributed by atoms with van der Waals surface area (Å²) in [6.07, 6.45) is 3.26. The van der Waals surface area contributed by atoms with E-state index in [2.05, 4.69) is 26.1 Å². The van der Waals surface area contributed by atoms with E-state index < -0.39 is 17.5 Å². The van der Waals surface area contributed by atoms with Gasteiger partial charge in [0, 0.05) is 49.7 Å². The van der Waals surface area contributed by atoms with Crippen molar-refractivity contribution in [2.24, 2.45) is 0 Å². The van der Waals surface area contributed by atoms with E-state index in [1.165, 1.54) is 23.7 Å². The highest BCUT2D eigenvalue weighted by Gasteiger charge is 2.18. The van der Waals surface area contributed by atoms with E-state index >= 15 is 0 Å². The van der Waals surface area contributed by atoms with E-state index in [0.717, 1.165) is 4.68 Å². The van der Waals surface area contributed by atoms with Gasteiger partial charge in [-0.05, 0) is 43.3 Å². The van der Waals surface area contributed by atoms with Gasteiger partial charge in [0.1, 0.15) is 6.04 Å². The van der Waals surface area contributed by atoms with Crippen molar-refractivity contribution in [3.63, 3.8) is 0 Å². The van der Waals surface area contributed by atoms with E-state index in [4.69, 9.17) is 0 Å². The zero-order chi connectivity index (χ0) is 23.1.